The van der Waals surface area contributed by atoms with Crippen molar-refractivity contribution in [1.82, 2.24) is 5.32 Å². The molecule has 0 atom stereocenters. The standard InChI is InChI=1S/C12H18ClNO/c1-3-8-15-12-10(9-14-4-2)6-5-7-11(12)13/h5-7,14H,3-4,8-9H2,1-2H3. The van der Waals surface area contributed by atoms with Crippen molar-refractivity contribution in [2.24, 2.45) is 0 Å². The lowest BCUT2D eigenvalue weighted by Crippen LogP contribution is -2.13. The van der Waals surface area contributed by atoms with Crippen molar-refractivity contribution in [1.29, 1.82) is 0 Å². The van der Waals surface area contributed by atoms with Crippen LogP contribution in [0.4, 0.5) is 0 Å². The number of halogens is 1. The molecule has 0 aliphatic rings. The van der Waals surface area contributed by atoms with Gasteiger partial charge in [-0.3, -0.25) is 0 Å². The van der Waals surface area contributed by atoms with Crippen LogP contribution in [0.5, 0.6) is 5.75 Å². The zero-order valence-corrected chi connectivity index (χ0v) is 10.1. The Balaban J connectivity index is 2.77. The molecule has 1 N–H and O–H groups in total. The van der Waals surface area contributed by atoms with Crippen molar-refractivity contribution >= 4 is 11.6 Å². The van der Waals surface area contributed by atoms with Crippen LogP contribution < -0.4 is 10.1 Å². The van der Waals surface area contributed by atoms with E-state index in [-0.39, 0.29) is 0 Å². The molecular formula is C12H18ClNO. The molecule has 1 rings (SSSR count). The van der Waals surface area contributed by atoms with Crippen LogP contribution in [0.3, 0.4) is 0 Å². The second-order valence-corrected chi connectivity index (χ2v) is 3.76. The Bertz CT molecular complexity index is 302. The fourth-order valence-electron chi connectivity index (χ4n) is 1.32. The Kier molecular flexibility index (Phi) is 5.51. The summed E-state index contributed by atoms with van der Waals surface area (Å²) < 4.78 is 5.64. The topological polar surface area (TPSA) is 21.3 Å². The zero-order chi connectivity index (χ0) is 11.1. The van der Waals surface area contributed by atoms with Crippen molar-refractivity contribution in [3.8, 4) is 5.75 Å². The minimum Gasteiger partial charge on any atom is -0.492 e. The maximum Gasteiger partial charge on any atom is 0.142 e. The molecular weight excluding hydrogens is 210 g/mol. The van der Waals surface area contributed by atoms with Crippen molar-refractivity contribution in [2.45, 2.75) is 26.8 Å². The number of ether oxygens (including phenoxy) is 1. The van der Waals surface area contributed by atoms with Gasteiger partial charge in [-0.25, -0.2) is 0 Å². The molecule has 0 aromatic heterocycles. The van der Waals surface area contributed by atoms with Gasteiger partial charge in [0, 0.05) is 12.1 Å². The second-order valence-electron chi connectivity index (χ2n) is 3.36. The Morgan fingerprint density at radius 2 is 2.13 bits per heavy atom. The van der Waals surface area contributed by atoms with E-state index in [2.05, 4.69) is 19.2 Å². The molecule has 0 aliphatic carbocycles. The number of benzene rings is 1. The Hall–Kier alpha value is -0.730. The number of hydrogen-bond donors (Lipinski definition) is 1. The van der Waals surface area contributed by atoms with Gasteiger partial charge < -0.3 is 10.1 Å². The summed E-state index contributed by atoms with van der Waals surface area (Å²) in [6.45, 7) is 6.62. The predicted octanol–water partition coefficient (Wildman–Crippen LogP) is 3.24. The van der Waals surface area contributed by atoms with E-state index < -0.39 is 0 Å². The lowest BCUT2D eigenvalue weighted by Gasteiger charge is -2.12. The van der Waals surface area contributed by atoms with Crippen LogP contribution in [-0.4, -0.2) is 13.2 Å². The summed E-state index contributed by atoms with van der Waals surface area (Å²) in [5.41, 5.74) is 1.12. The highest BCUT2D eigenvalue weighted by molar-refractivity contribution is 6.32. The third-order valence-electron chi connectivity index (χ3n) is 2.06. The van der Waals surface area contributed by atoms with Crippen LogP contribution in [0, 0.1) is 0 Å². The predicted molar refractivity (Wildman–Crippen MR) is 64.6 cm³/mol. The van der Waals surface area contributed by atoms with Crippen LogP contribution in [0.15, 0.2) is 18.2 Å². The molecule has 0 unspecified atom stereocenters. The van der Waals surface area contributed by atoms with Gasteiger partial charge in [-0.1, -0.05) is 37.6 Å². The van der Waals surface area contributed by atoms with Crippen LogP contribution in [0.25, 0.3) is 0 Å². The maximum absolute atomic E-state index is 6.09. The molecule has 84 valence electrons. The summed E-state index contributed by atoms with van der Waals surface area (Å²) in [4.78, 5) is 0. The highest BCUT2D eigenvalue weighted by Crippen LogP contribution is 2.28. The largest absolute Gasteiger partial charge is 0.492 e. The molecule has 0 aliphatic heterocycles. The summed E-state index contributed by atoms with van der Waals surface area (Å²) in [5.74, 6) is 0.821. The minimum atomic E-state index is 0.693. The molecule has 3 heteroatoms. The first-order chi connectivity index (χ1) is 7.29. The monoisotopic (exact) mass is 227 g/mol. The van der Waals surface area contributed by atoms with E-state index in [0.717, 1.165) is 30.8 Å². The average Bonchev–Trinajstić information content (AvgIpc) is 2.25. The van der Waals surface area contributed by atoms with Crippen LogP contribution in [-0.2, 0) is 6.54 Å². The Labute approximate surface area is 96.6 Å². The molecule has 0 fully saturated rings. The molecule has 0 bridgehead atoms. The van der Waals surface area contributed by atoms with Gasteiger partial charge in [0.1, 0.15) is 5.75 Å². The lowest BCUT2D eigenvalue weighted by atomic mass is 10.2. The van der Waals surface area contributed by atoms with Gasteiger partial charge in [-0.05, 0) is 19.0 Å². The summed E-state index contributed by atoms with van der Waals surface area (Å²) in [6.07, 6.45) is 0.992. The molecule has 2 nitrogen and oxygen atoms in total. The number of para-hydroxylation sites is 1. The van der Waals surface area contributed by atoms with Gasteiger partial charge in [0.25, 0.3) is 0 Å². The van der Waals surface area contributed by atoms with E-state index in [1.54, 1.807) is 0 Å². The summed E-state index contributed by atoms with van der Waals surface area (Å²) in [7, 11) is 0. The third-order valence-corrected chi connectivity index (χ3v) is 2.36. The molecule has 0 radical (unpaired) electrons. The fourth-order valence-corrected chi connectivity index (χ4v) is 1.57. The van der Waals surface area contributed by atoms with Gasteiger partial charge in [0.15, 0.2) is 0 Å². The van der Waals surface area contributed by atoms with E-state index >= 15 is 0 Å². The first-order valence-electron chi connectivity index (χ1n) is 5.40. The smallest absolute Gasteiger partial charge is 0.142 e. The molecule has 0 amide bonds. The lowest BCUT2D eigenvalue weighted by molar-refractivity contribution is 0.313. The van der Waals surface area contributed by atoms with Gasteiger partial charge in [-0.15, -0.1) is 0 Å². The van der Waals surface area contributed by atoms with E-state index in [0.29, 0.717) is 11.6 Å². The normalized spacial score (nSPS) is 10.3. The number of nitrogens with one attached hydrogen (secondary N) is 1. The average molecular weight is 228 g/mol. The van der Waals surface area contributed by atoms with Crippen molar-refractivity contribution in [3.05, 3.63) is 28.8 Å². The van der Waals surface area contributed by atoms with Crippen LogP contribution in [0.1, 0.15) is 25.8 Å². The van der Waals surface area contributed by atoms with Gasteiger partial charge in [0.2, 0.25) is 0 Å². The molecule has 0 saturated heterocycles. The fraction of sp³-hybridized carbons (Fsp3) is 0.500. The first-order valence-corrected chi connectivity index (χ1v) is 5.78. The molecule has 0 heterocycles. The molecule has 15 heavy (non-hydrogen) atoms. The van der Waals surface area contributed by atoms with Crippen LogP contribution in [0.2, 0.25) is 5.02 Å². The number of hydrogen-bond acceptors (Lipinski definition) is 2. The molecule has 0 saturated carbocycles. The van der Waals surface area contributed by atoms with Gasteiger partial charge in [0.05, 0.1) is 11.6 Å². The van der Waals surface area contributed by atoms with Crippen molar-refractivity contribution in [3.63, 3.8) is 0 Å². The summed E-state index contributed by atoms with van der Waals surface area (Å²) in [6, 6.07) is 5.86. The first kappa shape index (κ1) is 12.3. The Morgan fingerprint density at radius 3 is 2.80 bits per heavy atom. The SMILES string of the molecule is CCCOc1c(Cl)cccc1CNCC. The van der Waals surface area contributed by atoms with E-state index in [4.69, 9.17) is 16.3 Å². The maximum atomic E-state index is 6.09. The van der Waals surface area contributed by atoms with Crippen LogP contribution >= 0.6 is 11.6 Å². The summed E-state index contributed by atoms with van der Waals surface area (Å²) in [5, 5.41) is 3.96. The molecule has 1 aromatic rings. The summed E-state index contributed by atoms with van der Waals surface area (Å²) >= 11 is 6.09. The van der Waals surface area contributed by atoms with Crippen molar-refractivity contribution < 1.29 is 4.74 Å². The van der Waals surface area contributed by atoms with Gasteiger partial charge >= 0.3 is 0 Å². The molecule has 0 spiro atoms. The highest BCUT2D eigenvalue weighted by Gasteiger charge is 2.07. The minimum absolute atomic E-state index is 0.693. The second kappa shape index (κ2) is 6.70. The van der Waals surface area contributed by atoms with E-state index in [1.807, 2.05) is 18.2 Å². The van der Waals surface area contributed by atoms with E-state index in [1.165, 1.54) is 0 Å². The van der Waals surface area contributed by atoms with Gasteiger partial charge in [-0.2, -0.15) is 0 Å². The number of rotatable bonds is 6. The Morgan fingerprint density at radius 1 is 1.33 bits per heavy atom. The van der Waals surface area contributed by atoms with Crippen molar-refractivity contribution in [2.75, 3.05) is 13.2 Å². The zero-order valence-electron chi connectivity index (χ0n) is 9.35. The highest BCUT2D eigenvalue weighted by atomic mass is 35.5. The third kappa shape index (κ3) is 3.73. The van der Waals surface area contributed by atoms with E-state index in [9.17, 15) is 0 Å². The quantitative estimate of drug-likeness (QED) is 0.806. The molecule has 1 aromatic carbocycles.